The lowest BCUT2D eigenvalue weighted by Crippen LogP contribution is -1.95. The molecule has 1 N–H and O–H groups in total. The lowest BCUT2D eigenvalue weighted by molar-refractivity contribution is -0.384. The van der Waals surface area contributed by atoms with Gasteiger partial charge in [0.2, 0.25) is 0 Å². The summed E-state index contributed by atoms with van der Waals surface area (Å²) in [6.45, 7) is 0. The average molecular weight is 368 g/mol. The minimum Gasteiger partial charge on any atom is -0.481 e. The first-order chi connectivity index (χ1) is 12.5. The van der Waals surface area contributed by atoms with Gasteiger partial charge >= 0.3 is 5.97 Å². The van der Waals surface area contributed by atoms with Gasteiger partial charge in [0.05, 0.1) is 15.1 Å². The standard InChI is InChI=1S/C19H16N2O4S/c22-18(23)7-3-4-14(12-13-8-10-15(11-9-13)21(24)25)19-20-16-5-1-2-6-17(16)26-19/h1-2,5-6,8-12H,3-4,7H2,(H,22,23)/b14-12+. The Bertz CT molecular complexity index is 944. The highest BCUT2D eigenvalue weighted by Crippen LogP contribution is 2.31. The van der Waals surface area contributed by atoms with E-state index in [0.29, 0.717) is 12.8 Å². The van der Waals surface area contributed by atoms with Gasteiger partial charge in [0.25, 0.3) is 5.69 Å². The van der Waals surface area contributed by atoms with Gasteiger partial charge in [-0.15, -0.1) is 11.3 Å². The Kier molecular flexibility index (Phi) is 5.38. The predicted molar refractivity (Wildman–Crippen MR) is 102 cm³/mol. The number of carbonyl (C=O) groups is 1. The zero-order chi connectivity index (χ0) is 18.5. The van der Waals surface area contributed by atoms with E-state index in [9.17, 15) is 14.9 Å². The lowest BCUT2D eigenvalue weighted by atomic mass is 10.1. The monoisotopic (exact) mass is 368 g/mol. The molecule has 0 aliphatic heterocycles. The molecule has 0 radical (unpaired) electrons. The molecule has 3 aromatic rings. The van der Waals surface area contributed by atoms with Crippen molar-refractivity contribution < 1.29 is 14.8 Å². The highest BCUT2D eigenvalue weighted by Gasteiger charge is 2.11. The fourth-order valence-corrected chi connectivity index (χ4v) is 3.58. The lowest BCUT2D eigenvalue weighted by Gasteiger charge is -2.04. The number of rotatable bonds is 7. The summed E-state index contributed by atoms with van der Waals surface area (Å²) < 4.78 is 1.07. The van der Waals surface area contributed by atoms with Crippen LogP contribution in [-0.4, -0.2) is 21.0 Å². The van der Waals surface area contributed by atoms with Gasteiger partial charge in [-0.25, -0.2) is 4.98 Å². The van der Waals surface area contributed by atoms with Crippen molar-refractivity contribution in [1.82, 2.24) is 4.98 Å². The first-order valence-corrected chi connectivity index (χ1v) is 8.87. The van der Waals surface area contributed by atoms with Crippen molar-refractivity contribution in [3.63, 3.8) is 0 Å². The van der Waals surface area contributed by atoms with Crippen molar-refractivity contribution >= 4 is 44.9 Å². The van der Waals surface area contributed by atoms with Crippen LogP contribution in [0.25, 0.3) is 21.9 Å². The summed E-state index contributed by atoms with van der Waals surface area (Å²) in [5, 5.41) is 20.5. The van der Waals surface area contributed by atoms with Crippen molar-refractivity contribution in [2.75, 3.05) is 0 Å². The number of allylic oxidation sites excluding steroid dienone is 1. The van der Waals surface area contributed by atoms with E-state index in [1.807, 2.05) is 30.3 Å². The van der Waals surface area contributed by atoms with Crippen molar-refractivity contribution in [1.29, 1.82) is 0 Å². The Labute approximate surface area is 153 Å². The van der Waals surface area contributed by atoms with Gasteiger partial charge in [-0.1, -0.05) is 12.1 Å². The molecule has 6 nitrogen and oxygen atoms in total. The summed E-state index contributed by atoms with van der Waals surface area (Å²) in [6.07, 6.45) is 3.08. The molecule has 2 aromatic carbocycles. The van der Waals surface area contributed by atoms with E-state index in [1.165, 1.54) is 12.1 Å². The zero-order valence-electron chi connectivity index (χ0n) is 13.8. The molecule has 0 spiro atoms. The molecule has 0 aliphatic rings. The molecule has 1 aromatic heterocycles. The van der Waals surface area contributed by atoms with E-state index in [1.54, 1.807) is 23.5 Å². The third kappa shape index (κ3) is 4.31. The second kappa shape index (κ2) is 7.88. The molecular formula is C19H16N2O4S. The van der Waals surface area contributed by atoms with Crippen LogP contribution in [-0.2, 0) is 4.79 Å². The Balaban J connectivity index is 1.93. The fraction of sp³-hybridized carbons (Fsp3) is 0.158. The van der Waals surface area contributed by atoms with Crippen LogP contribution >= 0.6 is 11.3 Å². The van der Waals surface area contributed by atoms with Crippen molar-refractivity contribution in [2.24, 2.45) is 0 Å². The summed E-state index contributed by atoms with van der Waals surface area (Å²) in [5.41, 5.74) is 2.69. The topological polar surface area (TPSA) is 93.3 Å². The predicted octanol–water partition coefficient (Wildman–Crippen LogP) is 5.00. The summed E-state index contributed by atoms with van der Waals surface area (Å²) in [5.74, 6) is -0.830. The molecule has 0 bridgehead atoms. The van der Waals surface area contributed by atoms with Crippen LogP contribution < -0.4 is 0 Å². The van der Waals surface area contributed by atoms with Crippen molar-refractivity contribution in [2.45, 2.75) is 19.3 Å². The molecule has 0 amide bonds. The number of aliphatic carboxylic acids is 1. The summed E-state index contributed by atoms with van der Waals surface area (Å²) in [7, 11) is 0. The number of nitrogens with zero attached hydrogens (tertiary/aromatic N) is 2. The molecule has 0 fully saturated rings. The van der Waals surface area contributed by atoms with Crippen LogP contribution in [0.3, 0.4) is 0 Å². The smallest absolute Gasteiger partial charge is 0.303 e. The molecule has 0 atom stereocenters. The maximum absolute atomic E-state index is 10.8. The SMILES string of the molecule is O=C(O)CCC/C(=C\c1ccc([N+](=O)[O-])cc1)c1nc2ccccc2s1. The second-order valence-electron chi connectivity index (χ2n) is 5.75. The quantitative estimate of drug-likeness (QED) is 0.468. The number of nitro groups is 1. The molecule has 0 aliphatic carbocycles. The molecule has 0 unspecified atom stereocenters. The number of para-hydroxylation sites is 1. The fourth-order valence-electron chi connectivity index (χ4n) is 2.57. The second-order valence-corrected chi connectivity index (χ2v) is 6.78. The first-order valence-electron chi connectivity index (χ1n) is 8.06. The largest absolute Gasteiger partial charge is 0.481 e. The van der Waals surface area contributed by atoms with Crippen molar-refractivity contribution in [3.8, 4) is 0 Å². The summed E-state index contributed by atoms with van der Waals surface area (Å²) >= 11 is 1.56. The minimum absolute atomic E-state index is 0.0366. The third-order valence-electron chi connectivity index (χ3n) is 3.85. The first kappa shape index (κ1) is 17.8. The van der Waals surface area contributed by atoms with Gasteiger partial charge < -0.3 is 5.11 Å². The number of thiazole rings is 1. The van der Waals surface area contributed by atoms with Crippen LogP contribution in [0.5, 0.6) is 0 Å². The molecule has 26 heavy (non-hydrogen) atoms. The Morgan fingerprint density at radius 3 is 2.54 bits per heavy atom. The van der Waals surface area contributed by atoms with Crippen molar-refractivity contribution in [3.05, 3.63) is 69.2 Å². The van der Waals surface area contributed by atoms with E-state index >= 15 is 0 Å². The van der Waals surface area contributed by atoms with E-state index < -0.39 is 10.9 Å². The molecule has 132 valence electrons. The Morgan fingerprint density at radius 1 is 1.15 bits per heavy atom. The van der Waals surface area contributed by atoms with Crippen LogP contribution in [0.15, 0.2) is 48.5 Å². The average Bonchev–Trinajstić information content (AvgIpc) is 3.05. The van der Waals surface area contributed by atoms with Crippen LogP contribution in [0.2, 0.25) is 0 Å². The van der Waals surface area contributed by atoms with Gasteiger partial charge in [-0.05, 0) is 54.3 Å². The number of fused-ring (bicyclic) bond motifs is 1. The number of carboxylic acids is 1. The maximum atomic E-state index is 10.8. The number of carboxylic acid groups (broad SMARTS) is 1. The molecule has 7 heteroatoms. The van der Waals surface area contributed by atoms with Gasteiger partial charge in [-0.2, -0.15) is 0 Å². The van der Waals surface area contributed by atoms with Crippen LogP contribution in [0.4, 0.5) is 5.69 Å². The van der Waals surface area contributed by atoms with Gasteiger partial charge in [0.15, 0.2) is 0 Å². The van der Waals surface area contributed by atoms with E-state index in [-0.39, 0.29) is 12.1 Å². The Hall–Kier alpha value is -3.06. The zero-order valence-corrected chi connectivity index (χ0v) is 14.6. The van der Waals surface area contributed by atoms with E-state index in [4.69, 9.17) is 5.11 Å². The Morgan fingerprint density at radius 2 is 1.88 bits per heavy atom. The van der Waals surface area contributed by atoms with E-state index in [0.717, 1.165) is 26.4 Å². The summed E-state index contributed by atoms with van der Waals surface area (Å²) in [4.78, 5) is 25.8. The number of benzene rings is 2. The minimum atomic E-state index is -0.830. The highest BCUT2D eigenvalue weighted by atomic mass is 32.1. The normalized spacial score (nSPS) is 11.6. The molecule has 0 saturated carbocycles. The number of aromatic nitrogens is 1. The van der Waals surface area contributed by atoms with Crippen LogP contribution in [0, 0.1) is 10.1 Å². The molecule has 3 rings (SSSR count). The molecule has 0 saturated heterocycles. The third-order valence-corrected chi connectivity index (χ3v) is 4.96. The summed E-state index contributed by atoms with van der Waals surface area (Å²) in [6, 6.07) is 14.1. The van der Waals surface area contributed by atoms with E-state index in [2.05, 4.69) is 4.98 Å². The van der Waals surface area contributed by atoms with Crippen LogP contribution in [0.1, 0.15) is 29.8 Å². The number of hydrogen-bond donors (Lipinski definition) is 1. The molecular weight excluding hydrogens is 352 g/mol. The van der Waals surface area contributed by atoms with Gasteiger partial charge in [0.1, 0.15) is 5.01 Å². The molecule has 1 heterocycles. The maximum Gasteiger partial charge on any atom is 0.303 e. The number of nitro benzene ring substituents is 1. The number of non-ortho nitro benzene ring substituents is 1. The van der Waals surface area contributed by atoms with Gasteiger partial charge in [-0.3, -0.25) is 14.9 Å². The number of hydrogen-bond acceptors (Lipinski definition) is 5. The highest BCUT2D eigenvalue weighted by molar-refractivity contribution is 7.19. The van der Waals surface area contributed by atoms with Gasteiger partial charge in [0, 0.05) is 18.6 Å².